The van der Waals surface area contributed by atoms with E-state index in [4.69, 9.17) is 5.11 Å². The number of anilines is 1. The van der Waals surface area contributed by atoms with Crippen molar-refractivity contribution in [2.24, 2.45) is 0 Å². The van der Waals surface area contributed by atoms with Crippen molar-refractivity contribution in [1.82, 2.24) is 0 Å². The van der Waals surface area contributed by atoms with Crippen LogP contribution in [0.15, 0.2) is 53.0 Å². The van der Waals surface area contributed by atoms with Gasteiger partial charge in [-0.1, -0.05) is 24.3 Å². The van der Waals surface area contributed by atoms with Gasteiger partial charge in [0.25, 0.3) is 5.91 Å². The minimum Gasteiger partial charge on any atom is -0.481 e. The SMILES string of the molecule is O=C(O)CCCc1cccc(NC(=O)c2ccccc2Br)c1. The quantitative estimate of drug-likeness (QED) is 0.813. The highest BCUT2D eigenvalue weighted by molar-refractivity contribution is 9.10. The number of carboxylic acids is 1. The molecule has 2 N–H and O–H groups in total. The summed E-state index contributed by atoms with van der Waals surface area (Å²) in [5, 5.41) is 11.5. The first-order valence-electron chi connectivity index (χ1n) is 6.93. The number of rotatable bonds is 6. The van der Waals surface area contributed by atoms with Crippen LogP contribution in [0.4, 0.5) is 5.69 Å². The van der Waals surface area contributed by atoms with Gasteiger partial charge in [0, 0.05) is 16.6 Å². The summed E-state index contributed by atoms with van der Waals surface area (Å²) in [5.74, 6) is -0.978. The summed E-state index contributed by atoms with van der Waals surface area (Å²) in [4.78, 5) is 22.8. The van der Waals surface area contributed by atoms with Gasteiger partial charge in [0.2, 0.25) is 0 Å². The van der Waals surface area contributed by atoms with Crippen LogP contribution in [0.3, 0.4) is 0 Å². The fourth-order valence-corrected chi connectivity index (χ4v) is 2.56. The molecule has 0 spiro atoms. The van der Waals surface area contributed by atoms with Crippen molar-refractivity contribution in [2.75, 3.05) is 5.32 Å². The molecule has 0 aliphatic rings. The lowest BCUT2D eigenvalue weighted by atomic mass is 10.1. The predicted molar refractivity (Wildman–Crippen MR) is 89.1 cm³/mol. The predicted octanol–water partition coefficient (Wildman–Crippen LogP) is 4.11. The van der Waals surface area contributed by atoms with Gasteiger partial charge in [-0.05, 0) is 58.6 Å². The third kappa shape index (κ3) is 4.70. The summed E-state index contributed by atoms with van der Waals surface area (Å²) >= 11 is 3.36. The molecule has 2 rings (SSSR count). The van der Waals surface area contributed by atoms with E-state index < -0.39 is 5.97 Å². The Balaban J connectivity index is 2.02. The lowest BCUT2D eigenvalue weighted by Crippen LogP contribution is -2.12. The van der Waals surface area contributed by atoms with Gasteiger partial charge in [-0.2, -0.15) is 0 Å². The number of nitrogens with one attached hydrogen (secondary N) is 1. The largest absolute Gasteiger partial charge is 0.481 e. The molecule has 0 saturated carbocycles. The molecular weight excluding hydrogens is 346 g/mol. The van der Waals surface area contributed by atoms with Crippen LogP contribution in [-0.2, 0) is 11.2 Å². The maximum absolute atomic E-state index is 12.2. The number of carbonyl (C=O) groups is 2. The molecule has 1 amide bonds. The van der Waals surface area contributed by atoms with Crippen molar-refractivity contribution in [3.63, 3.8) is 0 Å². The van der Waals surface area contributed by atoms with Crippen molar-refractivity contribution < 1.29 is 14.7 Å². The molecule has 0 aliphatic carbocycles. The van der Waals surface area contributed by atoms with Gasteiger partial charge in [-0.25, -0.2) is 0 Å². The molecule has 0 atom stereocenters. The Bertz CT molecular complexity index is 685. The molecule has 4 nitrogen and oxygen atoms in total. The standard InChI is InChI=1S/C17H16BrNO3/c18-15-9-2-1-8-14(15)17(22)19-13-7-3-5-12(11-13)6-4-10-16(20)21/h1-3,5,7-9,11H,4,6,10H2,(H,19,22)(H,20,21). The Kier molecular flexibility index (Phi) is 5.72. The highest BCUT2D eigenvalue weighted by Gasteiger charge is 2.09. The first-order chi connectivity index (χ1) is 10.6. The number of hydrogen-bond acceptors (Lipinski definition) is 2. The van der Waals surface area contributed by atoms with Crippen molar-refractivity contribution in [3.05, 3.63) is 64.1 Å². The highest BCUT2D eigenvalue weighted by Crippen LogP contribution is 2.19. The molecule has 0 saturated heterocycles. The molecule has 0 bridgehead atoms. The van der Waals surface area contributed by atoms with Crippen LogP contribution >= 0.6 is 15.9 Å². The second-order valence-electron chi connectivity index (χ2n) is 4.88. The topological polar surface area (TPSA) is 66.4 Å². The molecule has 0 heterocycles. The van der Waals surface area contributed by atoms with Crippen LogP contribution in [0.1, 0.15) is 28.8 Å². The van der Waals surface area contributed by atoms with E-state index in [0.29, 0.717) is 24.1 Å². The van der Waals surface area contributed by atoms with Gasteiger partial charge < -0.3 is 10.4 Å². The van der Waals surface area contributed by atoms with Gasteiger partial charge in [-0.15, -0.1) is 0 Å². The van der Waals surface area contributed by atoms with Crippen molar-refractivity contribution >= 4 is 33.5 Å². The number of aliphatic carboxylic acids is 1. The average molecular weight is 362 g/mol. The van der Waals surface area contributed by atoms with Crippen molar-refractivity contribution in [2.45, 2.75) is 19.3 Å². The Hall–Kier alpha value is -2.14. The number of halogens is 1. The minimum absolute atomic E-state index is 0.146. The number of aryl methyl sites for hydroxylation is 1. The Morgan fingerprint density at radius 1 is 1.09 bits per heavy atom. The molecule has 2 aromatic rings. The molecule has 5 heteroatoms. The zero-order valence-electron chi connectivity index (χ0n) is 11.9. The first-order valence-corrected chi connectivity index (χ1v) is 7.72. The molecular formula is C17H16BrNO3. The van der Waals surface area contributed by atoms with Gasteiger partial charge in [-0.3, -0.25) is 9.59 Å². The third-order valence-electron chi connectivity index (χ3n) is 3.16. The van der Waals surface area contributed by atoms with E-state index in [0.717, 1.165) is 10.0 Å². The maximum atomic E-state index is 12.2. The monoisotopic (exact) mass is 361 g/mol. The van der Waals surface area contributed by atoms with Crippen LogP contribution < -0.4 is 5.32 Å². The van der Waals surface area contributed by atoms with Gasteiger partial charge in [0.15, 0.2) is 0 Å². The summed E-state index contributed by atoms with van der Waals surface area (Å²) in [6.07, 6.45) is 1.40. The summed E-state index contributed by atoms with van der Waals surface area (Å²) in [6.45, 7) is 0. The van der Waals surface area contributed by atoms with E-state index in [9.17, 15) is 9.59 Å². The van der Waals surface area contributed by atoms with E-state index in [2.05, 4.69) is 21.2 Å². The average Bonchev–Trinajstić information content (AvgIpc) is 2.47. The minimum atomic E-state index is -0.793. The Morgan fingerprint density at radius 2 is 1.86 bits per heavy atom. The van der Waals surface area contributed by atoms with E-state index in [1.165, 1.54) is 0 Å². The molecule has 22 heavy (non-hydrogen) atoms. The van der Waals surface area contributed by atoms with E-state index in [1.807, 2.05) is 42.5 Å². The van der Waals surface area contributed by atoms with E-state index in [-0.39, 0.29) is 12.3 Å². The second kappa shape index (κ2) is 7.75. The zero-order chi connectivity index (χ0) is 15.9. The Morgan fingerprint density at radius 3 is 2.59 bits per heavy atom. The number of carbonyl (C=O) groups excluding carboxylic acids is 1. The fraction of sp³-hybridized carbons (Fsp3) is 0.176. The molecule has 114 valence electrons. The van der Waals surface area contributed by atoms with Crippen LogP contribution in [-0.4, -0.2) is 17.0 Å². The Labute approximate surface area is 137 Å². The first kappa shape index (κ1) is 16.2. The molecule has 0 aromatic heterocycles. The normalized spacial score (nSPS) is 10.2. The smallest absolute Gasteiger partial charge is 0.303 e. The number of benzene rings is 2. The van der Waals surface area contributed by atoms with E-state index in [1.54, 1.807) is 6.07 Å². The number of hydrogen-bond donors (Lipinski definition) is 2. The lowest BCUT2D eigenvalue weighted by Gasteiger charge is -2.08. The fourth-order valence-electron chi connectivity index (χ4n) is 2.09. The molecule has 0 unspecified atom stereocenters. The number of carboxylic acid groups (broad SMARTS) is 1. The lowest BCUT2D eigenvalue weighted by molar-refractivity contribution is -0.137. The molecule has 0 radical (unpaired) electrons. The van der Waals surface area contributed by atoms with E-state index >= 15 is 0 Å². The van der Waals surface area contributed by atoms with Gasteiger partial charge in [0.05, 0.1) is 5.56 Å². The van der Waals surface area contributed by atoms with Crippen LogP contribution in [0.5, 0.6) is 0 Å². The molecule has 2 aromatic carbocycles. The van der Waals surface area contributed by atoms with Crippen molar-refractivity contribution in [1.29, 1.82) is 0 Å². The summed E-state index contributed by atoms with van der Waals surface area (Å²) in [7, 11) is 0. The zero-order valence-corrected chi connectivity index (χ0v) is 13.5. The van der Waals surface area contributed by atoms with Crippen LogP contribution in [0.25, 0.3) is 0 Å². The number of amides is 1. The summed E-state index contributed by atoms with van der Waals surface area (Å²) in [6, 6.07) is 14.7. The maximum Gasteiger partial charge on any atom is 0.303 e. The summed E-state index contributed by atoms with van der Waals surface area (Å²) < 4.78 is 0.741. The second-order valence-corrected chi connectivity index (χ2v) is 5.74. The summed E-state index contributed by atoms with van der Waals surface area (Å²) in [5.41, 5.74) is 2.28. The van der Waals surface area contributed by atoms with Gasteiger partial charge in [0.1, 0.15) is 0 Å². The van der Waals surface area contributed by atoms with Crippen LogP contribution in [0, 0.1) is 0 Å². The van der Waals surface area contributed by atoms with Crippen LogP contribution in [0.2, 0.25) is 0 Å². The van der Waals surface area contributed by atoms with Crippen molar-refractivity contribution in [3.8, 4) is 0 Å². The molecule has 0 aliphatic heterocycles. The highest BCUT2D eigenvalue weighted by atomic mass is 79.9. The third-order valence-corrected chi connectivity index (χ3v) is 3.85. The van der Waals surface area contributed by atoms with Gasteiger partial charge >= 0.3 is 5.97 Å². The molecule has 0 fully saturated rings.